The van der Waals surface area contributed by atoms with Crippen LogP contribution >= 0.6 is 11.6 Å². The summed E-state index contributed by atoms with van der Waals surface area (Å²) >= 11 is 6.02. The standard InChI is InChI=1S/C17H18ClN3O3S/c18-15-8-4-5-9-16(15)25(23,24)21-12-10-20(11-13-21)17(22)19-14-6-2-1-3-7-14/h1-9H,10-13H2,(H,19,22). The van der Waals surface area contributed by atoms with Gasteiger partial charge in [0.1, 0.15) is 4.90 Å². The van der Waals surface area contributed by atoms with Crippen molar-refractivity contribution in [2.24, 2.45) is 0 Å². The number of halogens is 1. The highest BCUT2D eigenvalue weighted by Crippen LogP contribution is 2.25. The number of carbonyl (C=O) groups is 1. The molecule has 3 rings (SSSR count). The number of hydrogen-bond acceptors (Lipinski definition) is 3. The molecule has 25 heavy (non-hydrogen) atoms. The van der Waals surface area contributed by atoms with E-state index < -0.39 is 10.0 Å². The van der Waals surface area contributed by atoms with Crippen LogP contribution in [0.2, 0.25) is 5.02 Å². The van der Waals surface area contributed by atoms with E-state index in [2.05, 4.69) is 5.32 Å². The number of nitrogens with one attached hydrogen (secondary N) is 1. The monoisotopic (exact) mass is 379 g/mol. The number of benzene rings is 2. The Morgan fingerprint density at radius 2 is 1.52 bits per heavy atom. The van der Waals surface area contributed by atoms with Crippen molar-refractivity contribution < 1.29 is 13.2 Å². The van der Waals surface area contributed by atoms with Gasteiger partial charge < -0.3 is 10.2 Å². The van der Waals surface area contributed by atoms with Crippen LogP contribution in [0.5, 0.6) is 0 Å². The largest absolute Gasteiger partial charge is 0.322 e. The summed E-state index contributed by atoms with van der Waals surface area (Å²) in [7, 11) is -3.66. The second-order valence-corrected chi connectivity index (χ2v) is 7.93. The minimum atomic E-state index is -3.66. The molecule has 2 aromatic rings. The van der Waals surface area contributed by atoms with Gasteiger partial charge in [-0.1, -0.05) is 41.9 Å². The predicted molar refractivity (Wildman–Crippen MR) is 97.2 cm³/mol. The lowest BCUT2D eigenvalue weighted by molar-refractivity contribution is 0.184. The highest BCUT2D eigenvalue weighted by Gasteiger charge is 2.31. The van der Waals surface area contributed by atoms with E-state index in [4.69, 9.17) is 11.6 Å². The zero-order valence-electron chi connectivity index (χ0n) is 13.4. The van der Waals surface area contributed by atoms with Gasteiger partial charge in [-0.05, 0) is 24.3 Å². The molecule has 1 fully saturated rings. The molecule has 1 aliphatic heterocycles. The fourth-order valence-corrected chi connectivity index (χ4v) is 4.56. The van der Waals surface area contributed by atoms with Gasteiger partial charge in [0.05, 0.1) is 5.02 Å². The summed E-state index contributed by atoms with van der Waals surface area (Å²) in [6, 6.07) is 15.3. The normalized spacial score (nSPS) is 15.8. The van der Waals surface area contributed by atoms with Gasteiger partial charge >= 0.3 is 6.03 Å². The van der Waals surface area contributed by atoms with Gasteiger partial charge in [0.2, 0.25) is 10.0 Å². The molecule has 1 aliphatic rings. The smallest absolute Gasteiger partial charge is 0.321 e. The molecule has 2 aromatic carbocycles. The van der Waals surface area contributed by atoms with Crippen LogP contribution in [0.15, 0.2) is 59.5 Å². The topological polar surface area (TPSA) is 69.7 Å². The van der Waals surface area contributed by atoms with Crippen LogP contribution in [-0.2, 0) is 10.0 Å². The lowest BCUT2D eigenvalue weighted by Gasteiger charge is -2.34. The van der Waals surface area contributed by atoms with Gasteiger partial charge in [-0.25, -0.2) is 13.2 Å². The van der Waals surface area contributed by atoms with Crippen LogP contribution in [0.4, 0.5) is 10.5 Å². The molecule has 8 heteroatoms. The Balaban J connectivity index is 1.64. The van der Waals surface area contributed by atoms with Crippen molar-refractivity contribution >= 4 is 33.3 Å². The molecular formula is C17H18ClN3O3S. The third kappa shape index (κ3) is 3.95. The summed E-state index contributed by atoms with van der Waals surface area (Å²) in [5.74, 6) is 0. The zero-order valence-corrected chi connectivity index (χ0v) is 15.0. The first-order chi connectivity index (χ1) is 12.0. The van der Waals surface area contributed by atoms with Crippen LogP contribution in [0, 0.1) is 0 Å². The summed E-state index contributed by atoms with van der Waals surface area (Å²) in [6.45, 7) is 1.11. The maximum absolute atomic E-state index is 12.7. The molecule has 0 radical (unpaired) electrons. The molecule has 132 valence electrons. The average molecular weight is 380 g/mol. The van der Waals surface area contributed by atoms with Crippen molar-refractivity contribution in [2.45, 2.75) is 4.90 Å². The number of amides is 2. The molecule has 0 aliphatic carbocycles. The SMILES string of the molecule is O=C(Nc1ccccc1)N1CCN(S(=O)(=O)c2ccccc2Cl)CC1. The van der Waals surface area contributed by atoms with Crippen LogP contribution in [-0.4, -0.2) is 49.8 Å². The van der Waals surface area contributed by atoms with Crippen molar-refractivity contribution in [1.82, 2.24) is 9.21 Å². The van der Waals surface area contributed by atoms with E-state index in [-0.39, 0.29) is 29.0 Å². The van der Waals surface area contributed by atoms with E-state index in [1.165, 1.54) is 10.4 Å². The van der Waals surface area contributed by atoms with E-state index in [0.717, 1.165) is 0 Å². The second-order valence-electron chi connectivity index (χ2n) is 5.62. The van der Waals surface area contributed by atoms with Gasteiger partial charge in [0, 0.05) is 31.9 Å². The van der Waals surface area contributed by atoms with E-state index in [9.17, 15) is 13.2 Å². The van der Waals surface area contributed by atoms with Crippen LogP contribution in [0.1, 0.15) is 0 Å². The molecule has 1 saturated heterocycles. The average Bonchev–Trinajstić information content (AvgIpc) is 2.63. The number of urea groups is 1. The van der Waals surface area contributed by atoms with Crippen LogP contribution in [0.3, 0.4) is 0 Å². The van der Waals surface area contributed by atoms with Gasteiger partial charge in [-0.15, -0.1) is 0 Å². The number of sulfonamides is 1. The maximum Gasteiger partial charge on any atom is 0.321 e. The molecular weight excluding hydrogens is 362 g/mol. The number of nitrogens with zero attached hydrogens (tertiary/aromatic N) is 2. The minimum absolute atomic E-state index is 0.0962. The fourth-order valence-electron chi connectivity index (χ4n) is 2.65. The first-order valence-electron chi connectivity index (χ1n) is 7.84. The highest BCUT2D eigenvalue weighted by molar-refractivity contribution is 7.89. The summed E-state index contributed by atoms with van der Waals surface area (Å²) in [4.78, 5) is 14.0. The lowest BCUT2D eigenvalue weighted by atomic mass is 10.3. The molecule has 0 unspecified atom stereocenters. The number of carbonyl (C=O) groups excluding carboxylic acids is 1. The molecule has 1 heterocycles. The van der Waals surface area contributed by atoms with Crippen molar-refractivity contribution in [1.29, 1.82) is 0 Å². The quantitative estimate of drug-likeness (QED) is 0.891. The summed E-state index contributed by atoms with van der Waals surface area (Å²) in [6.07, 6.45) is 0. The number of anilines is 1. The van der Waals surface area contributed by atoms with E-state index in [1.54, 1.807) is 35.2 Å². The Morgan fingerprint density at radius 1 is 0.920 bits per heavy atom. The second kappa shape index (κ2) is 7.43. The first kappa shape index (κ1) is 17.7. The Kier molecular flexibility index (Phi) is 5.27. The Morgan fingerprint density at radius 3 is 2.16 bits per heavy atom. The van der Waals surface area contributed by atoms with Crippen molar-refractivity contribution in [3.8, 4) is 0 Å². The lowest BCUT2D eigenvalue weighted by Crippen LogP contribution is -2.51. The number of para-hydroxylation sites is 1. The van der Waals surface area contributed by atoms with Crippen molar-refractivity contribution in [2.75, 3.05) is 31.5 Å². The predicted octanol–water partition coefficient (Wildman–Crippen LogP) is 2.88. The van der Waals surface area contributed by atoms with E-state index in [1.807, 2.05) is 18.2 Å². The number of hydrogen-bond donors (Lipinski definition) is 1. The van der Waals surface area contributed by atoms with E-state index >= 15 is 0 Å². The molecule has 0 spiro atoms. The van der Waals surface area contributed by atoms with Gasteiger partial charge in [0.25, 0.3) is 0 Å². The molecule has 0 saturated carbocycles. The number of rotatable bonds is 3. The molecule has 6 nitrogen and oxygen atoms in total. The fraction of sp³-hybridized carbons (Fsp3) is 0.235. The molecule has 0 aromatic heterocycles. The molecule has 1 N–H and O–H groups in total. The van der Waals surface area contributed by atoms with Crippen molar-refractivity contribution in [3.05, 3.63) is 59.6 Å². The van der Waals surface area contributed by atoms with Crippen molar-refractivity contribution in [3.63, 3.8) is 0 Å². The van der Waals surface area contributed by atoms with Gasteiger partial charge in [-0.2, -0.15) is 4.31 Å². The zero-order chi connectivity index (χ0) is 17.9. The third-order valence-corrected chi connectivity index (χ3v) is 6.40. The number of piperazine rings is 1. The summed E-state index contributed by atoms with van der Waals surface area (Å²) in [5, 5.41) is 3.00. The maximum atomic E-state index is 12.7. The highest BCUT2D eigenvalue weighted by atomic mass is 35.5. The van der Waals surface area contributed by atoms with Crippen LogP contribution < -0.4 is 5.32 Å². The Labute approximate surface area is 152 Å². The minimum Gasteiger partial charge on any atom is -0.322 e. The third-order valence-electron chi connectivity index (χ3n) is 4.01. The van der Waals surface area contributed by atoms with Gasteiger partial charge in [0.15, 0.2) is 0 Å². The summed E-state index contributed by atoms with van der Waals surface area (Å²) in [5.41, 5.74) is 0.707. The van der Waals surface area contributed by atoms with E-state index in [0.29, 0.717) is 18.8 Å². The van der Waals surface area contributed by atoms with Gasteiger partial charge in [-0.3, -0.25) is 0 Å². The molecule has 0 bridgehead atoms. The summed E-state index contributed by atoms with van der Waals surface area (Å²) < 4.78 is 26.8. The first-order valence-corrected chi connectivity index (χ1v) is 9.66. The van der Waals surface area contributed by atoms with Crippen LogP contribution in [0.25, 0.3) is 0 Å². The molecule has 2 amide bonds. The Bertz CT molecular complexity index is 850. The Hall–Kier alpha value is -2.09. The molecule has 0 atom stereocenters.